The smallest absolute Gasteiger partial charge is 0.303 e. The van der Waals surface area contributed by atoms with Gasteiger partial charge in [-0.3, -0.25) is 9.59 Å². The third-order valence-corrected chi connectivity index (χ3v) is 3.37. The lowest BCUT2D eigenvalue weighted by atomic mass is 9.95. The van der Waals surface area contributed by atoms with Crippen LogP contribution >= 0.6 is 0 Å². The lowest BCUT2D eigenvalue weighted by Crippen LogP contribution is -2.50. The Labute approximate surface area is 111 Å². The molecular formula is C14H17NO4. The fourth-order valence-electron chi connectivity index (χ4n) is 2.27. The molecule has 0 bridgehead atoms. The zero-order chi connectivity index (χ0) is 13.8. The predicted molar refractivity (Wildman–Crippen MR) is 68.8 cm³/mol. The number of aryl methyl sites for hydroxylation is 1. The predicted octanol–water partition coefficient (Wildman–Crippen LogP) is 1.26. The number of hydrogen-bond acceptors (Lipinski definition) is 3. The van der Waals surface area contributed by atoms with Crippen LogP contribution in [0.3, 0.4) is 0 Å². The second kappa shape index (κ2) is 5.73. The summed E-state index contributed by atoms with van der Waals surface area (Å²) in [5.74, 6) is -0.495. The number of carbonyl (C=O) groups is 2. The monoisotopic (exact) mass is 263 g/mol. The number of hydrogen-bond donors (Lipinski definition) is 2. The van der Waals surface area contributed by atoms with Gasteiger partial charge in [-0.05, 0) is 18.1 Å². The van der Waals surface area contributed by atoms with Gasteiger partial charge in [-0.2, -0.15) is 0 Å². The number of nitrogens with zero attached hydrogens (tertiary/aromatic N) is 1. The molecule has 0 unspecified atom stereocenters. The highest BCUT2D eigenvalue weighted by molar-refractivity contribution is 5.77. The number of para-hydroxylation sites is 1. The average molecular weight is 263 g/mol. The van der Waals surface area contributed by atoms with Crippen molar-refractivity contribution in [1.82, 2.24) is 4.90 Å². The van der Waals surface area contributed by atoms with E-state index in [1.165, 1.54) is 0 Å². The Morgan fingerprint density at radius 1 is 1.26 bits per heavy atom. The molecule has 0 atom stereocenters. The standard InChI is InChI=1S/C14H17NO4/c16-12-4-2-1-3-11(12)5-6-13(17)15-8-10(9-15)7-14(18)19/h1-4,10,16H,5-9H2,(H,18,19). The van der Waals surface area contributed by atoms with Gasteiger partial charge >= 0.3 is 5.97 Å². The minimum Gasteiger partial charge on any atom is -0.508 e. The number of carboxylic acids is 1. The highest BCUT2D eigenvalue weighted by Crippen LogP contribution is 2.22. The molecule has 0 aliphatic carbocycles. The van der Waals surface area contributed by atoms with Crippen molar-refractivity contribution in [3.8, 4) is 5.75 Å². The van der Waals surface area contributed by atoms with Crippen LogP contribution in [0.15, 0.2) is 24.3 Å². The molecule has 1 saturated heterocycles. The van der Waals surface area contributed by atoms with Gasteiger partial charge in [-0.25, -0.2) is 0 Å². The summed E-state index contributed by atoms with van der Waals surface area (Å²) in [5, 5.41) is 18.2. The van der Waals surface area contributed by atoms with Crippen LogP contribution in [0.2, 0.25) is 0 Å². The van der Waals surface area contributed by atoms with Crippen molar-refractivity contribution >= 4 is 11.9 Å². The molecule has 1 aromatic carbocycles. The highest BCUT2D eigenvalue weighted by Gasteiger charge is 2.31. The summed E-state index contributed by atoms with van der Waals surface area (Å²) in [5.41, 5.74) is 0.762. The van der Waals surface area contributed by atoms with Crippen LogP contribution in [0.4, 0.5) is 0 Å². The van der Waals surface area contributed by atoms with E-state index < -0.39 is 5.97 Å². The third-order valence-electron chi connectivity index (χ3n) is 3.37. The second-order valence-electron chi connectivity index (χ2n) is 4.89. The molecule has 19 heavy (non-hydrogen) atoms. The fraction of sp³-hybridized carbons (Fsp3) is 0.429. The lowest BCUT2D eigenvalue weighted by Gasteiger charge is -2.38. The molecule has 5 nitrogen and oxygen atoms in total. The van der Waals surface area contributed by atoms with Crippen LogP contribution in [-0.2, 0) is 16.0 Å². The number of phenols is 1. The molecule has 2 N–H and O–H groups in total. The number of carboxylic acid groups (broad SMARTS) is 1. The van der Waals surface area contributed by atoms with Crippen molar-refractivity contribution in [1.29, 1.82) is 0 Å². The molecule has 1 fully saturated rings. The Kier molecular flexibility index (Phi) is 4.04. The second-order valence-corrected chi connectivity index (χ2v) is 4.89. The first-order chi connectivity index (χ1) is 9.06. The number of carbonyl (C=O) groups excluding carboxylic acids is 1. The maximum absolute atomic E-state index is 11.8. The van der Waals surface area contributed by atoms with Gasteiger partial charge in [0.1, 0.15) is 5.75 Å². The van der Waals surface area contributed by atoms with E-state index in [-0.39, 0.29) is 24.0 Å². The Balaban J connectivity index is 1.75. The summed E-state index contributed by atoms with van der Waals surface area (Å²) in [6, 6.07) is 6.97. The molecule has 1 aliphatic heterocycles. The van der Waals surface area contributed by atoms with E-state index in [1.54, 1.807) is 23.1 Å². The average Bonchev–Trinajstić information content (AvgIpc) is 2.31. The molecule has 1 aromatic rings. The van der Waals surface area contributed by atoms with Gasteiger partial charge in [0.25, 0.3) is 0 Å². The summed E-state index contributed by atoms with van der Waals surface area (Å²) in [7, 11) is 0. The van der Waals surface area contributed by atoms with Crippen LogP contribution in [0, 0.1) is 5.92 Å². The van der Waals surface area contributed by atoms with E-state index in [0.29, 0.717) is 25.9 Å². The van der Waals surface area contributed by atoms with Crippen molar-refractivity contribution < 1.29 is 19.8 Å². The molecule has 0 spiro atoms. The zero-order valence-electron chi connectivity index (χ0n) is 10.6. The summed E-state index contributed by atoms with van der Waals surface area (Å²) < 4.78 is 0. The molecule has 0 aromatic heterocycles. The number of benzene rings is 1. The Morgan fingerprint density at radius 2 is 1.95 bits per heavy atom. The number of aliphatic carboxylic acids is 1. The quantitative estimate of drug-likeness (QED) is 0.838. The van der Waals surface area contributed by atoms with Gasteiger partial charge in [0.15, 0.2) is 0 Å². The van der Waals surface area contributed by atoms with E-state index in [0.717, 1.165) is 5.56 Å². The number of aromatic hydroxyl groups is 1. The third kappa shape index (κ3) is 3.47. The molecule has 1 heterocycles. The Morgan fingerprint density at radius 3 is 2.58 bits per heavy atom. The Hall–Kier alpha value is -2.04. The minimum atomic E-state index is -0.814. The van der Waals surface area contributed by atoms with E-state index in [1.807, 2.05) is 6.07 Å². The largest absolute Gasteiger partial charge is 0.508 e. The van der Waals surface area contributed by atoms with Crippen molar-refractivity contribution in [3.63, 3.8) is 0 Å². The molecular weight excluding hydrogens is 246 g/mol. The number of rotatable bonds is 5. The van der Waals surface area contributed by atoms with Crippen molar-refractivity contribution in [2.45, 2.75) is 19.3 Å². The molecule has 2 rings (SSSR count). The van der Waals surface area contributed by atoms with Crippen molar-refractivity contribution in [2.24, 2.45) is 5.92 Å². The van der Waals surface area contributed by atoms with E-state index in [9.17, 15) is 14.7 Å². The van der Waals surface area contributed by atoms with Gasteiger partial charge in [0.05, 0.1) is 6.42 Å². The number of likely N-dealkylation sites (tertiary alicyclic amines) is 1. The number of phenolic OH excluding ortho intramolecular Hbond substituents is 1. The first kappa shape index (κ1) is 13.4. The molecule has 1 aliphatic rings. The summed E-state index contributed by atoms with van der Waals surface area (Å²) in [6.07, 6.45) is 0.978. The maximum Gasteiger partial charge on any atom is 0.303 e. The maximum atomic E-state index is 11.8. The summed E-state index contributed by atoms with van der Waals surface area (Å²) in [6.45, 7) is 1.07. The normalized spacial score (nSPS) is 15.1. The Bertz CT molecular complexity index is 480. The molecule has 102 valence electrons. The van der Waals surface area contributed by atoms with Gasteiger partial charge in [0.2, 0.25) is 5.91 Å². The topological polar surface area (TPSA) is 77.8 Å². The van der Waals surface area contributed by atoms with Gasteiger partial charge in [0, 0.05) is 25.4 Å². The van der Waals surface area contributed by atoms with Crippen LogP contribution < -0.4 is 0 Å². The first-order valence-corrected chi connectivity index (χ1v) is 6.32. The number of amides is 1. The minimum absolute atomic E-state index is 0.0184. The van der Waals surface area contributed by atoms with E-state index in [2.05, 4.69) is 0 Å². The van der Waals surface area contributed by atoms with E-state index >= 15 is 0 Å². The molecule has 0 saturated carbocycles. The fourth-order valence-corrected chi connectivity index (χ4v) is 2.27. The SMILES string of the molecule is O=C(O)CC1CN(C(=O)CCc2ccccc2O)C1. The zero-order valence-corrected chi connectivity index (χ0v) is 10.6. The lowest BCUT2D eigenvalue weighted by molar-refractivity contribution is -0.145. The molecule has 1 amide bonds. The first-order valence-electron chi connectivity index (χ1n) is 6.32. The van der Waals surface area contributed by atoms with Crippen molar-refractivity contribution in [2.75, 3.05) is 13.1 Å². The molecule has 0 radical (unpaired) electrons. The summed E-state index contributed by atoms with van der Waals surface area (Å²) >= 11 is 0. The van der Waals surface area contributed by atoms with Gasteiger partial charge in [-0.15, -0.1) is 0 Å². The van der Waals surface area contributed by atoms with E-state index in [4.69, 9.17) is 5.11 Å². The van der Waals surface area contributed by atoms with Gasteiger partial charge < -0.3 is 15.1 Å². The molecule has 5 heteroatoms. The van der Waals surface area contributed by atoms with Crippen LogP contribution in [0.25, 0.3) is 0 Å². The van der Waals surface area contributed by atoms with Crippen LogP contribution in [-0.4, -0.2) is 40.1 Å². The van der Waals surface area contributed by atoms with Crippen molar-refractivity contribution in [3.05, 3.63) is 29.8 Å². The van der Waals surface area contributed by atoms with Gasteiger partial charge in [-0.1, -0.05) is 18.2 Å². The van der Waals surface area contributed by atoms with Crippen LogP contribution in [0.5, 0.6) is 5.75 Å². The highest BCUT2D eigenvalue weighted by atomic mass is 16.4. The van der Waals surface area contributed by atoms with Crippen LogP contribution in [0.1, 0.15) is 18.4 Å². The summed E-state index contributed by atoms with van der Waals surface area (Å²) in [4.78, 5) is 24.0.